The average Bonchev–Trinajstić information content (AvgIpc) is 2.18. The van der Waals surface area contributed by atoms with E-state index in [2.05, 4.69) is 0 Å². The molecule has 0 aliphatic rings. The molecule has 72 valence electrons. The second kappa shape index (κ2) is 3.31. The maximum Gasteiger partial charge on any atom is 0.168 e. The Hall–Kier alpha value is -1.55. The Morgan fingerprint density at radius 1 is 0.929 bits per heavy atom. The molecule has 0 unspecified atom stereocenters. The molecule has 0 aliphatic heterocycles. The number of benzene rings is 2. The number of rotatable bonds is 1. The van der Waals surface area contributed by atoms with Gasteiger partial charge in [-0.15, -0.1) is 0 Å². The van der Waals surface area contributed by atoms with Crippen molar-refractivity contribution in [3.8, 4) is 0 Å². The first-order valence-corrected chi connectivity index (χ1v) is 5.29. The number of fused-ring (bicyclic) bond motifs is 1. The maximum absolute atomic E-state index is 10.9. The van der Waals surface area contributed by atoms with Gasteiger partial charge in [0, 0.05) is 16.5 Å². The fraction of sp³-hybridized carbons (Fsp3) is 0. The number of nitrogen functional groups attached to an aromatic ring is 1. The predicted molar refractivity (Wildman–Crippen MR) is 56.9 cm³/mol. The summed E-state index contributed by atoms with van der Waals surface area (Å²) < 4.78 is 21.8. The molecule has 0 radical (unpaired) electrons. The number of hydrogen-bond acceptors (Lipinski definition) is 3. The van der Waals surface area contributed by atoms with Crippen molar-refractivity contribution in [1.29, 1.82) is 0 Å². The van der Waals surface area contributed by atoms with E-state index in [4.69, 9.17) is 5.73 Å². The van der Waals surface area contributed by atoms with Gasteiger partial charge in [-0.05, 0) is 12.1 Å². The van der Waals surface area contributed by atoms with Gasteiger partial charge < -0.3 is 5.73 Å². The van der Waals surface area contributed by atoms with Gasteiger partial charge in [-0.1, -0.05) is 24.3 Å². The van der Waals surface area contributed by atoms with Gasteiger partial charge in [-0.3, -0.25) is 0 Å². The third-order valence-electron chi connectivity index (χ3n) is 2.13. The number of nitrogens with two attached hydrogens (primary N) is 1. The van der Waals surface area contributed by atoms with Gasteiger partial charge >= 0.3 is 0 Å². The summed E-state index contributed by atoms with van der Waals surface area (Å²) in [7, 11) is -2.56. The van der Waals surface area contributed by atoms with E-state index in [-0.39, 0.29) is 0 Å². The Morgan fingerprint density at radius 2 is 1.57 bits per heavy atom. The number of thiol groups is 1. The van der Waals surface area contributed by atoms with Crippen molar-refractivity contribution in [3.63, 3.8) is 0 Å². The van der Waals surface area contributed by atoms with Crippen molar-refractivity contribution in [3.05, 3.63) is 36.4 Å². The minimum absolute atomic E-state index is 0.324. The summed E-state index contributed by atoms with van der Waals surface area (Å²) in [5.41, 5.74) is 6.33. The molecule has 0 fully saturated rings. The number of hydrogen-bond donors (Lipinski definition) is 2. The Labute approximate surface area is 83.1 Å². The lowest BCUT2D eigenvalue weighted by atomic mass is 10.1. The number of anilines is 1. The van der Waals surface area contributed by atoms with Crippen molar-refractivity contribution in [2.45, 2.75) is 4.90 Å². The van der Waals surface area contributed by atoms with Crippen molar-refractivity contribution in [1.82, 2.24) is 0 Å². The van der Waals surface area contributed by atoms with Crippen LogP contribution in [0, 0.1) is 0 Å². The lowest BCUT2D eigenvalue weighted by Crippen LogP contribution is -1.90. The van der Waals surface area contributed by atoms with Gasteiger partial charge in [0.15, 0.2) is 10.7 Å². The molecule has 0 atom stereocenters. The molecule has 0 saturated heterocycles. The summed E-state index contributed by atoms with van der Waals surface area (Å²) in [6.07, 6.45) is 0. The first-order valence-electron chi connectivity index (χ1n) is 4.12. The van der Waals surface area contributed by atoms with Crippen LogP contribution in [0.25, 0.3) is 10.8 Å². The van der Waals surface area contributed by atoms with Crippen LogP contribution >= 0.6 is 0 Å². The van der Waals surface area contributed by atoms with E-state index in [9.17, 15) is 8.42 Å². The minimum atomic E-state index is -2.56. The van der Waals surface area contributed by atoms with Gasteiger partial charge in [0.2, 0.25) is 0 Å². The fourth-order valence-electron chi connectivity index (χ4n) is 1.47. The zero-order valence-electron chi connectivity index (χ0n) is 7.31. The Balaban J connectivity index is 2.95. The van der Waals surface area contributed by atoms with Crippen LogP contribution in [0.4, 0.5) is 5.69 Å². The van der Waals surface area contributed by atoms with Crippen molar-refractivity contribution < 1.29 is 8.42 Å². The molecule has 0 aromatic heterocycles. The van der Waals surface area contributed by atoms with E-state index >= 15 is 0 Å². The van der Waals surface area contributed by atoms with Crippen LogP contribution in [0.5, 0.6) is 0 Å². The molecule has 2 rings (SSSR count). The van der Waals surface area contributed by atoms with Gasteiger partial charge in [-0.2, -0.15) is 0 Å². The van der Waals surface area contributed by atoms with Crippen LogP contribution in [0.2, 0.25) is 0 Å². The highest BCUT2D eigenvalue weighted by Gasteiger charge is 2.04. The molecule has 0 bridgehead atoms. The van der Waals surface area contributed by atoms with E-state index in [1.165, 1.54) is 6.07 Å². The highest BCUT2D eigenvalue weighted by molar-refractivity contribution is 7.72. The fourth-order valence-corrected chi connectivity index (χ4v) is 2.05. The van der Waals surface area contributed by atoms with Crippen LogP contribution in [0.1, 0.15) is 0 Å². The SMILES string of the molecule is Nc1ccc([SH](=O)=O)c2ccccc12. The molecule has 3 nitrogen and oxygen atoms in total. The van der Waals surface area contributed by atoms with Gasteiger partial charge in [-0.25, -0.2) is 8.42 Å². The molecular weight excluding hydrogens is 198 g/mol. The molecule has 0 spiro atoms. The molecule has 0 saturated carbocycles. The summed E-state index contributed by atoms with van der Waals surface area (Å²) in [6, 6.07) is 10.3. The predicted octanol–water partition coefficient (Wildman–Crippen LogP) is 1.39. The average molecular weight is 207 g/mol. The van der Waals surface area contributed by atoms with Crippen molar-refractivity contribution >= 4 is 27.2 Å². The first-order chi connectivity index (χ1) is 6.70. The minimum Gasteiger partial charge on any atom is -0.398 e. The van der Waals surface area contributed by atoms with Crippen molar-refractivity contribution in [2.24, 2.45) is 0 Å². The smallest absolute Gasteiger partial charge is 0.168 e. The molecular formula is C10H9NO2S. The summed E-state index contributed by atoms with van der Waals surface area (Å²) in [5, 5.41) is 1.47. The molecule has 2 aromatic carbocycles. The van der Waals surface area contributed by atoms with Gasteiger partial charge in [0.1, 0.15) is 0 Å². The van der Waals surface area contributed by atoms with Crippen LogP contribution < -0.4 is 5.73 Å². The largest absolute Gasteiger partial charge is 0.398 e. The molecule has 2 aromatic rings. The van der Waals surface area contributed by atoms with E-state index in [1.807, 2.05) is 12.1 Å². The zero-order valence-corrected chi connectivity index (χ0v) is 8.20. The highest BCUT2D eigenvalue weighted by atomic mass is 32.2. The van der Waals surface area contributed by atoms with Gasteiger partial charge in [0.05, 0.1) is 4.90 Å². The summed E-state index contributed by atoms with van der Waals surface area (Å²) in [5.74, 6) is 0. The Kier molecular flexibility index (Phi) is 2.13. The standard InChI is InChI=1S/C10H9NO2S/c11-9-5-6-10(14(12)13)8-4-2-1-3-7(8)9/h1-6,14H,11H2. The van der Waals surface area contributed by atoms with E-state index < -0.39 is 10.7 Å². The van der Waals surface area contributed by atoms with Crippen molar-refractivity contribution in [2.75, 3.05) is 5.73 Å². The third kappa shape index (κ3) is 1.33. The van der Waals surface area contributed by atoms with E-state index in [1.54, 1.807) is 18.2 Å². The Bertz CT molecular complexity index is 553. The molecule has 0 amide bonds. The molecule has 4 heteroatoms. The second-order valence-corrected chi connectivity index (χ2v) is 3.97. The molecule has 0 aliphatic carbocycles. The Morgan fingerprint density at radius 3 is 2.21 bits per heavy atom. The van der Waals surface area contributed by atoms with Gasteiger partial charge in [0.25, 0.3) is 0 Å². The highest BCUT2D eigenvalue weighted by Crippen LogP contribution is 2.24. The van der Waals surface area contributed by atoms with Crippen LogP contribution in [0.3, 0.4) is 0 Å². The summed E-state index contributed by atoms with van der Waals surface area (Å²) in [4.78, 5) is 0.324. The third-order valence-corrected chi connectivity index (χ3v) is 2.91. The lowest BCUT2D eigenvalue weighted by molar-refractivity contribution is 0.615. The van der Waals surface area contributed by atoms with Crippen LogP contribution in [-0.2, 0) is 10.7 Å². The maximum atomic E-state index is 10.9. The first kappa shape index (κ1) is 9.02. The summed E-state index contributed by atoms with van der Waals surface area (Å²) in [6.45, 7) is 0. The monoisotopic (exact) mass is 207 g/mol. The van der Waals surface area contributed by atoms with E-state index in [0.29, 0.717) is 16.0 Å². The normalized spacial score (nSPS) is 10.9. The van der Waals surface area contributed by atoms with Crippen LogP contribution in [-0.4, -0.2) is 8.42 Å². The lowest BCUT2D eigenvalue weighted by Gasteiger charge is -2.03. The zero-order chi connectivity index (χ0) is 10.1. The van der Waals surface area contributed by atoms with E-state index in [0.717, 1.165) is 5.39 Å². The van der Waals surface area contributed by atoms with Crippen LogP contribution in [0.15, 0.2) is 41.3 Å². The quantitative estimate of drug-likeness (QED) is 0.548. The molecule has 2 N–H and O–H groups in total. The second-order valence-electron chi connectivity index (χ2n) is 2.98. The summed E-state index contributed by atoms with van der Waals surface area (Å²) >= 11 is 0. The topological polar surface area (TPSA) is 60.2 Å². The molecule has 0 heterocycles. The molecule has 14 heavy (non-hydrogen) atoms.